The van der Waals surface area contributed by atoms with Crippen molar-refractivity contribution < 1.29 is 44.0 Å². The molecule has 0 aliphatic rings. The number of hydrogen-bond acceptors (Lipinski definition) is 10. The molecule has 1 aromatic carbocycles. The Morgan fingerprint density at radius 1 is 0.786 bits per heavy atom. The predicted octanol–water partition coefficient (Wildman–Crippen LogP) is 0.437. The molecule has 0 fully saturated rings. The molecule has 0 heterocycles. The van der Waals surface area contributed by atoms with Crippen molar-refractivity contribution in [3.8, 4) is 0 Å². The third kappa shape index (κ3) is 17.6. The monoisotopic (exact) mass is 594 g/mol. The normalized spacial score (nSPS) is 12.3. The van der Waals surface area contributed by atoms with Gasteiger partial charge in [0.15, 0.2) is 5.78 Å². The maximum atomic E-state index is 12.8. The van der Waals surface area contributed by atoms with Gasteiger partial charge in [-0.3, -0.25) is 38.7 Å². The number of benzene rings is 1. The number of nitrogens with zero attached hydrogens (tertiary/aromatic N) is 3. The average Bonchev–Trinajstić information content (AvgIpc) is 2.88. The highest BCUT2D eigenvalue weighted by Gasteiger charge is 2.18. The largest absolute Gasteiger partial charge is 0.480 e. The molecule has 42 heavy (non-hydrogen) atoms. The Hall–Kier alpha value is -3.23. The van der Waals surface area contributed by atoms with Gasteiger partial charge in [0, 0.05) is 32.6 Å². The number of likely N-dealkylation sites (N-methyl/N-ethyl adjacent to an activating group) is 1. The van der Waals surface area contributed by atoms with Crippen molar-refractivity contribution in [3.63, 3.8) is 0 Å². The van der Waals surface area contributed by atoms with E-state index in [-0.39, 0.29) is 57.4 Å². The highest BCUT2D eigenvalue weighted by Crippen LogP contribution is 2.10. The van der Waals surface area contributed by atoms with Gasteiger partial charge in [-0.15, -0.1) is 0 Å². The van der Waals surface area contributed by atoms with Gasteiger partial charge in [0.05, 0.1) is 38.8 Å². The number of carboxylic acid groups (broad SMARTS) is 3. The van der Waals surface area contributed by atoms with Crippen molar-refractivity contribution in [2.75, 3.05) is 66.0 Å². The van der Waals surface area contributed by atoms with E-state index in [0.29, 0.717) is 31.8 Å². The first kappa shape index (κ1) is 36.8. The molecule has 0 saturated heterocycles. The van der Waals surface area contributed by atoms with Crippen LogP contribution >= 0.6 is 0 Å². The molecule has 0 radical (unpaired) electrons. The first-order valence-corrected chi connectivity index (χ1v) is 14.0. The molecule has 13 nitrogen and oxygen atoms in total. The van der Waals surface area contributed by atoms with Gasteiger partial charge in [-0.05, 0) is 36.9 Å². The van der Waals surface area contributed by atoms with Crippen molar-refractivity contribution in [3.05, 3.63) is 35.4 Å². The molecule has 1 atom stereocenters. The van der Waals surface area contributed by atoms with Crippen molar-refractivity contribution in [1.82, 2.24) is 14.7 Å². The minimum Gasteiger partial charge on any atom is -0.480 e. The van der Waals surface area contributed by atoms with Gasteiger partial charge < -0.3 is 25.8 Å². The van der Waals surface area contributed by atoms with Crippen LogP contribution in [0.25, 0.3) is 0 Å². The van der Waals surface area contributed by atoms with E-state index in [0.717, 1.165) is 11.1 Å². The highest BCUT2D eigenvalue weighted by molar-refractivity contribution is 5.84. The van der Waals surface area contributed by atoms with Gasteiger partial charge >= 0.3 is 17.9 Å². The van der Waals surface area contributed by atoms with Crippen molar-refractivity contribution in [2.24, 2.45) is 11.7 Å². The van der Waals surface area contributed by atoms with Crippen LogP contribution in [0.5, 0.6) is 0 Å². The number of carbonyl (C=O) groups is 5. The second-order valence-corrected chi connectivity index (χ2v) is 11.0. The summed E-state index contributed by atoms with van der Waals surface area (Å²) in [6, 6.07) is 7.02. The lowest BCUT2D eigenvalue weighted by Gasteiger charge is -2.27. The fraction of sp³-hybridized carbons (Fsp3) is 0.621. The van der Waals surface area contributed by atoms with E-state index in [1.165, 1.54) is 4.90 Å². The summed E-state index contributed by atoms with van der Waals surface area (Å²) >= 11 is 0. The zero-order valence-electron chi connectivity index (χ0n) is 24.9. The maximum Gasteiger partial charge on any atom is 0.317 e. The zero-order valence-corrected chi connectivity index (χ0v) is 24.9. The summed E-state index contributed by atoms with van der Waals surface area (Å²) in [5, 5.41) is 27.2. The molecule has 0 amide bonds. The molecule has 0 bridgehead atoms. The Labute approximate surface area is 247 Å². The Morgan fingerprint density at radius 3 is 1.86 bits per heavy atom. The molecule has 1 rings (SSSR count). The topological polar surface area (TPSA) is 191 Å². The summed E-state index contributed by atoms with van der Waals surface area (Å²) in [5.74, 6) is -3.14. The minimum absolute atomic E-state index is 0.0445. The van der Waals surface area contributed by atoms with Crippen LogP contribution in [0.1, 0.15) is 37.8 Å². The lowest BCUT2D eigenvalue weighted by Crippen LogP contribution is -2.44. The number of nitrogens with two attached hydrogens (primary N) is 1. The lowest BCUT2D eigenvalue weighted by atomic mass is 10.0. The fourth-order valence-electron chi connectivity index (χ4n) is 4.20. The van der Waals surface area contributed by atoms with Crippen LogP contribution in [0.4, 0.5) is 0 Å². The first-order chi connectivity index (χ1) is 19.7. The van der Waals surface area contributed by atoms with E-state index in [1.807, 2.05) is 38.1 Å². The third-order valence-electron chi connectivity index (χ3n) is 6.42. The quantitative estimate of drug-likeness (QED) is 0.129. The Bertz CT molecular complexity index is 1000. The van der Waals surface area contributed by atoms with E-state index in [1.54, 1.807) is 16.8 Å². The molecule has 0 saturated carbocycles. The molecule has 0 spiro atoms. The summed E-state index contributed by atoms with van der Waals surface area (Å²) in [6.45, 7) is 4.30. The number of hydrogen-bond donors (Lipinski definition) is 4. The van der Waals surface area contributed by atoms with Crippen LogP contribution in [0.2, 0.25) is 0 Å². The SMILES string of the molecule is CC(C)C[C@@H](N)C(=O)COCc1ccc(CCC(=O)CN(CCN(C)CC(=O)O)CCN(CC(=O)O)CC(=O)O)cc1. The molecular weight excluding hydrogens is 548 g/mol. The standard InChI is InChI=1S/C29H46N4O9/c1-21(2)14-25(30)26(35)20-42-19-23-6-4-22(5-7-23)8-9-24(34)15-32(11-10-31(3)16-27(36)37)12-13-33(17-28(38)39)18-29(40)41/h4-7,21,25H,8-20,30H2,1-3H3,(H,36,37)(H,38,39)(H,40,41)/t25-/m1/s1. The van der Waals surface area contributed by atoms with E-state index >= 15 is 0 Å². The zero-order chi connectivity index (χ0) is 31.7. The molecule has 1 aromatic rings. The molecule has 5 N–H and O–H groups in total. The Morgan fingerprint density at radius 2 is 1.31 bits per heavy atom. The first-order valence-electron chi connectivity index (χ1n) is 14.0. The van der Waals surface area contributed by atoms with Crippen LogP contribution in [0.15, 0.2) is 24.3 Å². The molecular formula is C29H46N4O9. The van der Waals surface area contributed by atoms with Gasteiger partial charge in [0.2, 0.25) is 0 Å². The van der Waals surface area contributed by atoms with Gasteiger partial charge in [0.25, 0.3) is 0 Å². The summed E-state index contributed by atoms with van der Waals surface area (Å²) in [4.78, 5) is 62.7. The number of aliphatic carboxylic acids is 3. The third-order valence-corrected chi connectivity index (χ3v) is 6.42. The summed E-state index contributed by atoms with van der Waals surface area (Å²) in [7, 11) is 1.64. The van der Waals surface area contributed by atoms with Crippen molar-refractivity contribution in [2.45, 2.75) is 45.8 Å². The molecule has 0 aromatic heterocycles. The molecule has 0 aliphatic heterocycles. The van der Waals surface area contributed by atoms with E-state index in [2.05, 4.69) is 0 Å². The fourth-order valence-corrected chi connectivity index (χ4v) is 4.20. The van der Waals surface area contributed by atoms with E-state index < -0.39 is 37.0 Å². The van der Waals surface area contributed by atoms with Crippen LogP contribution in [-0.2, 0) is 41.7 Å². The van der Waals surface area contributed by atoms with E-state index in [4.69, 9.17) is 25.8 Å². The molecule has 0 unspecified atom stereocenters. The molecule has 0 aliphatic carbocycles. The average molecular weight is 595 g/mol. The van der Waals surface area contributed by atoms with Gasteiger partial charge in [0.1, 0.15) is 12.4 Å². The molecule has 13 heteroatoms. The van der Waals surface area contributed by atoms with Crippen molar-refractivity contribution >= 4 is 29.5 Å². The van der Waals surface area contributed by atoms with Crippen LogP contribution < -0.4 is 5.73 Å². The van der Waals surface area contributed by atoms with Gasteiger partial charge in [-0.1, -0.05) is 38.1 Å². The summed E-state index contributed by atoms with van der Waals surface area (Å²) in [5.41, 5.74) is 7.72. The molecule has 236 valence electrons. The van der Waals surface area contributed by atoms with Crippen LogP contribution in [0.3, 0.4) is 0 Å². The lowest BCUT2D eigenvalue weighted by molar-refractivity contribution is -0.142. The van der Waals surface area contributed by atoms with Gasteiger partial charge in [-0.2, -0.15) is 0 Å². The van der Waals surface area contributed by atoms with Crippen molar-refractivity contribution in [1.29, 1.82) is 0 Å². The number of carbonyl (C=O) groups excluding carboxylic acids is 2. The summed E-state index contributed by atoms with van der Waals surface area (Å²) in [6.07, 6.45) is 1.37. The van der Waals surface area contributed by atoms with Crippen LogP contribution in [-0.4, -0.2) is 132 Å². The minimum atomic E-state index is -1.16. The van der Waals surface area contributed by atoms with Crippen LogP contribution in [0, 0.1) is 5.92 Å². The number of ether oxygens (including phenoxy) is 1. The second kappa shape index (κ2) is 19.8. The maximum absolute atomic E-state index is 12.8. The van der Waals surface area contributed by atoms with E-state index in [9.17, 15) is 24.0 Å². The Balaban J connectivity index is 2.63. The summed E-state index contributed by atoms with van der Waals surface area (Å²) < 4.78 is 5.52. The number of Topliss-reactive ketones (excluding diaryl/α,β-unsaturated/α-hetero) is 2. The second-order valence-electron chi connectivity index (χ2n) is 11.0. The number of aryl methyl sites for hydroxylation is 1. The number of carboxylic acids is 3. The Kier molecular flexibility index (Phi) is 17.4. The smallest absolute Gasteiger partial charge is 0.317 e. The number of rotatable bonds is 24. The highest BCUT2D eigenvalue weighted by atomic mass is 16.5. The predicted molar refractivity (Wildman–Crippen MR) is 155 cm³/mol. The van der Waals surface area contributed by atoms with Gasteiger partial charge in [-0.25, -0.2) is 0 Å². The number of ketones is 2.